The molecule has 3 N–H and O–H groups in total. The topological polar surface area (TPSA) is 74.4 Å². The highest BCUT2D eigenvalue weighted by molar-refractivity contribution is 5.59. The van der Waals surface area contributed by atoms with Gasteiger partial charge in [-0.15, -0.1) is 0 Å². The zero-order chi connectivity index (χ0) is 20.1. The summed E-state index contributed by atoms with van der Waals surface area (Å²) >= 11 is 0. The lowest BCUT2D eigenvalue weighted by Gasteiger charge is -2.17. The predicted molar refractivity (Wildman–Crippen MR) is 112 cm³/mol. The molecule has 0 spiro atoms. The maximum atomic E-state index is 12.4. The van der Waals surface area contributed by atoms with E-state index in [0.29, 0.717) is 12.1 Å². The van der Waals surface area contributed by atoms with Crippen molar-refractivity contribution >= 4 is 6.08 Å². The van der Waals surface area contributed by atoms with Gasteiger partial charge in [0.1, 0.15) is 12.0 Å². The zero-order valence-electron chi connectivity index (χ0n) is 16.9. The third-order valence-corrected chi connectivity index (χ3v) is 5.08. The van der Waals surface area contributed by atoms with Crippen LogP contribution in [0.3, 0.4) is 0 Å². The number of unbranched alkanes of at least 4 members (excludes halogenated alkanes) is 1. The van der Waals surface area contributed by atoms with Crippen LogP contribution in [0.4, 0.5) is 0 Å². The number of rotatable bonds is 7. The van der Waals surface area contributed by atoms with Gasteiger partial charge in [0.2, 0.25) is 0 Å². The molecule has 2 unspecified atom stereocenters. The SMILES string of the molecule is CCCCc1cc(C)[nH]c(=O)c1CNC(O)c1ccc2c(c1)C=CCC(C)O2. The molecule has 1 aromatic heterocycles. The molecular formula is C23H30N2O3. The largest absolute Gasteiger partial charge is 0.490 e. The molecule has 2 heterocycles. The van der Waals surface area contributed by atoms with Crippen molar-refractivity contribution in [3.63, 3.8) is 0 Å². The summed E-state index contributed by atoms with van der Waals surface area (Å²) in [7, 11) is 0. The highest BCUT2D eigenvalue weighted by atomic mass is 16.5. The number of aromatic nitrogens is 1. The Kier molecular flexibility index (Phi) is 6.70. The number of ether oxygens (including phenoxy) is 1. The Balaban J connectivity index is 1.75. The number of aromatic amines is 1. The third-order valence-electron chi connectivity index (χ3n) is 5.08. The van der Waals surface area contributed by atoms with Crippen molar-refractivity contribution in [2.75, 3.05) is 0 Å². The molecule has 0 radical (unpaired) electrons. The quantitative estimate of drug-likeness (QED) is 0.633. The molecule has 1 aliphatic rings. The van der Waals surface area contributed by atoms with Crippen LogP contribution in [0.5, 0.6) is 5.75 Å². The number of H-pyrrole nitrogens is 1. The average molecular weight is 383 g/mol. The fourth-order valence-electron chi connectivity index (χ4n) is 3.51. The molecule has 2 aromatic rings. The summed E-state index contributed by atoms with van der Waals surface area (Å²) in [6, 6.07) is 7.72. The molecule has 0 bridgehead atoms. The second kappa shape index (κ2) is 9.22. The Bertz CT molecular complexity index is 901. The van der Waals surface area contributed by atoms with Crippen molar-refractivity contribution in [2.45, 2.75) is 65.3 Å². The van der Waals surface area contributed by atoms with Crippen LogP contribution in [0, 0.1) is 6.92 Å². The highest BCUT2D eigenvalue weighted by Gasteiger charge is 2.15. The fraction of sp³-hybridized carbons (Fsp3) is 0.435. The van der Waals surface area contributed by atoms with Crippen LogP contribution in [0.15, 0.2) is 35.1 Å². The van der Waals surface area contributed by atoms with Crippen molar-refractivity contribution in [1.82, 2.24) is 10.3 Å². The van der Waals surface area contributed by atoms with E-state index in [0.717, 1.165) is 53.8 Å². The fourth-order valence-corrected chi connectivity index (χ4v) is 3.51. The molecular weight excluding hydrogens is 352 g/mol. The van der Waals surface area contributed by atoms with E-state index in [1.54, 1.807) is 0 Å². The van der Waals surface area contributed by atoms with Crippen molar-refractivity contribution in [1.29, 1.82) is 0 Å². The van der Waals surface area contributed by atoms with Crippen LogP contribution in [0.25, 0.3) is 6.08 Å². The van der Waals surface area contributed by atoms with Gasteiger partial charge in [0.05, 0.1) is 6.10 Å². The lowest BCUT2D eigenvalue weighted by atomic mass is 10.0. The minimum absolute atomic E-state index is 0.0851. The van der Waals surface area contributed by atoms with Gasteiger partial charge < -0.3 is 14.8 Å². The smallest absolute Gasteiger partial charge is 0.252 e. The molecule has 5 nitrogen and oxygen atoms in total. The van der Waals surface area contributed by atoms with Crippen molar-refractivity contribution in [2.24, 2.45) is 0 Å². The molecule has 5 heteroatoms. The Labute approximate surface area is 166 Å². The lowest BCUT2D eigenvalue weighted by Crippen LogP contribution is -2.27. The standard InChI is InChI=1S/C23H30N2O3/c1-4-5-8-17-12-15(2)25-23(27)20(17)14-24-22(26)19-10-11-21-18(13-19)9-6-7-16(3)28-21/h6,9-13,16,22,24,26H,4-5,7-8,14H2,1-3H3,(H,25,27). The van der Waals surface area contributed by atoms with E-state index in [4.69, 9.17) is 4.74 Å². The van der Waals surface area contributed by atoms with Gasteiger partial charge in [-0.2, -0.15) is 0 Å². The number of nitrogens with one attached hydrogen (secondary N) is 2. The van der Waals surface area contributed by atoms with Crippen LogP contribution in [-0.4, -0.2) is 16.2 Å². The van der Waals surface area contributed by atoms with Crippen LogP contribution in [0.2, 0.25) is 0 Å². The van der Waals surface area contributed by atoms with E-state index in [-0.39, 0.29) is 11.7 Å². The first kappa shape index (κ1) is 20.4. The summed E-state index contributed by atoms with van der Waals surface area (Å²) in [5.74, 6) is 0.828. The van der Waals surface area contributed by atoms with Gasteiger partial charge in [0, 0.05) is 29.8 Å². The van der Waals surface area contributed by atoms with Crippen molar-refractivity contribution in [3.8, 4) is 5.75 Å². The minimum Gasteiger partial charge on any atom is -0.490 e. The number of aryl methyl sites for hydroxylation is 2. The number of hydrogen-bond acceptors (Lipinski definition) is 4. The second-order valence-electron chi connectivity index (χ2n) is 7.54. The van der Waals surface area contributed by atoms with Gasteiger partial charge in [0.25, 0.3) is 5.56 Å². The van der Waals surface area contributed by atoms with Crippen LogP contribution in [0.1, 0.15) is 67.3 Å². The average Bonchev–Trinajstić information content (AvgIpc) is 2.84. The molecule has 0 saturated carbocycles. The lowest BCUT2D eigenvalue weighted by molar-refractivity contribution is 0.136. The molecule has 0 aliphatic carbocycles. The zero-order valence-corrected chi connectivity index (χ0v) is 16.9. The second-order valence-corrected chi connectivity index (χ2v) is 7.54. The van der Waals surface area contributed by atoms with Gasteiger partial charge in [-0.05, 0) is 56.0 Å². The normalized spacial score (nSPS) is 16.9. The first-order chi connectivity index (χ1) is 13.5. The van der Waals surface area contributed by atoms with E-state index in [2.05, 4.69) is 23.3 Å². The van der Waals surface area contributed by atoms with E-state index in [1.165, 1.54) is 0 Å². The van der Waals surface area contributed by atoms with Gasteiger partial charge in [-0.25, -0.2) is 0 Å². The number of benzene rings is 1. The summed E-state index contributed by atoms with van der Waals surface area (Å²) in [5.41, 5.74) is 4.24. The number of pyridine rings is 1. The van der Waals surface area contributed by atoms with E-state index >= 15 is 0 Å². The van der Waals surface area contributed by atoms with Crippen molar-refractivity contribution in [3.05, 3.63) is 68.6 Å². The molecule has 150 valence electrons. The number of aliphatic hydroxyl groups is 1. The number of aliphatic hydroxyl groups excluding tert-OH is 1. The van der Waals surface area contributed by atoms with E-state index < -0.39 is 6.23 Å². The molecule has 0 saturated heterocycles. The first-order valence-corrected chi connectivity index (χ1v) is 10.1. The maximum absolute atomic E-state index is 12.4. The Morgan fingerprint density at radius 3 is 2.96 bits per heavy atom. The summed E-state index contributed by atoms with van der Waals surface area (Å²) in [5, 5.41) is 13.7. The monoisotopic (exact) mass is 382 g/mol. The number of hydrogen-bond donors (Lipinski definition) is 3. The molecule has 0 fully saturated rings. The minimum atomic E-state index is -0.862. The van der Waals surface area contributed by atoms with Gasteiger partial charge in [-0.3, -0.25) is 10.1 Å². The highest BCUT2D eigenvalue weighted by Crippen LogP contribution is 2.28. The van der Waals surface area contributed by atoms with E-state index in [1.807, 2.05) is 44.2 Å². The third kappa shape index (κ3) is 4.91. The van der Waals surface area contributed by atoms with Crippen LogP contribution in [-0.2, 0) is 13.0 Å². The first-order valence-electron chi connectivity index (χ1n) is 10.1. The Morgan fingerprint density at radius 2 is 2.18 bits per heavy atom. The van der Waals surface area contributed by atoms with Crippen LogP contribution < -0.4 is 15.6 Å². The Morgan fingerprint density at radius 1 is 1.36 bits per heavy atom. The predicted octanol–water partition coefficient (Wildman–Crippen LogP) is 3.99. The molecule has 2 atom stereocenters. The van der Waals surface area contributed by atoms with Gasteiger partial charge in [0.15, 0.2) is 0 Å². The molecule has 1 aliphatic heterocycles. The Hall–Kier alpha value is -2.37. The van der Waals surface area contributed by atoms with E-state index in [9.17, 15) is 9.90 Å². The van der Waals surface area contributed by atoms with Crippen LogP contribution >= 0.6 is 0 Å². The summed E-state index contributed by atoms with van der Waals surface area (Å²) in [6.07, 6.45) is 7.24. The van der Waals surface area contributed by atoms with Crippen molar-refractivity contribution < 1.29 is 9.84 Å². The molecule has 28 heavy (non-hydrogen) atoms. The summed E-state index contributed by atoms with van der Waals surface area (Å²) < 4.78 is 5.89. The molecule has 0 amide bonds. The number of fused-ring (bicyclic) bond motifs is 1. The van der Waals surface area contributed by atoms with Gasteiger partial charge >= 0.3 is 0 Å². The maximum Gasteiger partial charge on any atom is 0.252 e. The molecule has 1 aromatic carbocycles. The summed E-state index contributed by atoms with van der Waals surface area (Å²) in [4.78, 5) is 15.3. The molecule has 3 rings (SSSR count). The summed E-state index contributed by atoms with van der Waals surface area (Å²) in [6.45, 7) is 6.39. The van der Waals surface area contributed by atoms with Gasteiger partial charge in [-0.1, -0.05) is 31.6 Å².